The molecule has 2 aliphatic rings. The lowest BCUT2D eigenvalue weighted by molar-refractivity contribution is 0.0688. The summed E-state index contributed by atoms with van der Waals surface area (Å²) in [6, 6.07) is 6.37. The maximum atomic E-state index is 16.6. The fraction of sp³-hybridized carbons (Fsp3) is 0. The summed E-state index contributed by atoms with van der Waals surface area (Å²) < 4.78 is 238. The highest BCUT2D eigenvalue weighted by Crippen LogP contribution is 2.46. The number of para-hydroxylation sites is 1. The number of aromatic amines is 1. The Bertz CT molecular complexity index is 3750. The van der Waals surface area contributed by atoms with E-state index in [9.17, 15) is 36.2 Å². The average molecular weight is 921 g/mol. The van der Waals surface area contributed by atoms with Gasteiger partial charge in [-0.1, -0.05) is 22.7 Å². The van der Waals surface area contributed by atoms with E-state index in [0.29, 0.717) is 0 Å². The van der Waals surface area contributed by atoms with Crippen molar-refractivity contribution in [2.75, 3.05) is 0 Å². The normalized spacial score (nSPS) is 12.0. The van der Waals surface area contributed by atoms with Gasteiger partial charge in [-0.2, -0.15) is 0 Å². The second-order valence-electron chi connectivity index (χ2n) is 13.5. The van der Waals surface area contributed by atoms with Crippen molar-refractivity contribution in [2.24, 2.45) is 0 Å². The summed E-state index contributed by atoms with van der Waals surface area (Å²) in [5, 5.41) is 4.18. The van der Waals surface area contributed by atoms with Crippen LogP contribution in [0.4, 0.5) is 65.9 Å². The Morgan fingerprint density at radius 3 is 1.25 bits per heavy atom. The number of carbonyl (C=O) groups is 1. The van der Waals surface area contributed by atoms with Crippen LogP contribution in [0.25, 0.3) is 89.7 Å². The number of fused-ring (bicyclic) bond motifs is 20. The number of H-pyrrole nitrogens is 1. The van der Waals surface area contributed by atoms with Gasteiger partial charge in [0.2, 0.25) is 0 Å². The van der Waals surface area contributed by atoms with Crippen molar-refractivity contribution in [2.45, 2.75) is 0 Å². The van der Waals surface area contributed by atoms with Gasteiger partial charge in [-0.15, -0.1) is 4.79 Å². The minimum absolute atomic E-state index is 0.319. The van der Waals surface area contributed by atoms with Gasteiger partial charge >= 0.3 is 5.97 Å². The van der Waals surface area contributed by atoms with Gasteiger partial charge in [0.15, 0.2) is 122 Å². The SMILES string of the molecule is O=C(O)c1c(F)c(F)c2c3nc4nc(nc5c6c(F)c(F)c(F)c(F)c6c(nc6nc(nc([nH]3)c2c1Oc1ccccc1)-c1c(F)c(F)c(F)c(F)c1-6)n5F)-c1c(F)c(F)c(F)c(F)c1-4. The van der Waals surface area contributed by atoms with E-state index < -0.39 is 193 Å². The molecule has 0 spiro atoms. The van der Waals surface area contributed by atoms with E-state index in [4.69, 9.17) is 4.74 Å². The molecule has 5 aromatic carbocycles. The molecule has 326 valence electrons. The highest BCUT2D eigenvalue weighted by atomic mass is 19.2. The van der Waals surface area contributed by atoms with Crippen LogP contribution in [0.5, 0.6) is 11.5 Å². The largest absolute Gasteiger partial charge is 0.477 e. The number of aromatic carboxylic acids is 1. The zero-order valence-corrected chi connectivity index (χ0v) is 30.5. The zero-order valence-electron chi connectivity index (χ0n) is 30.5. The number of carboxylic acid groups (broad SMARTS) is 1. The molecule has 2 N–H and O–H groups in total. The Balaban J connectivity index is 1.53. The summed E-state index contributed by atoms with van der Waals surface area (Å²) in [5.74, 6) is -44.4. The molecule has 65 heavy (non-hydrogen) atoms. The van der Waals surface area contributed by atoms with Crippen molar-refractivity contribution in [1.29, 1.82) is 0 Å². The number of nitrogens with zero attached hydrogens (tertiary/aromatic N) is 7. The maximum Gasteiger partial charge on any atom is 0.342 e. The van der Waals surface area contributed by atoms with E-state index in [1.165, 1.54) is 18.2 Å². The number of hydrogen-bond donors (Lipinski definition) is 2. The van der Waals surface area contributed by atoms with Crippen molar-refractivity contribution in [3.63, 3.8) is 0 Å². The van der Waals surface area contributed by atoms with Crippen molar-refractivity contribution in [1.82, 2.24) is 39.7 Å². The van der Waals surface area contributed by atoms with Crippen molar-refractivity contribution in [3.8, 4) is 57.1 Å². The molecule has 8 bridgehead atoms. The molecule has 11 nitrogen and oxygen atoms in total. The summed E-state index contributed by atoms with van der Waals surface area (Å²) in [4.78, 5) is 35.4. The van der Waals surface area contributed by atoms with E-state index in [-0.39, 0.29) is 5.75 Å². The molecule has 26 heteroatoms. The molecule has 8 aromatic rings. The first-order valence-electron chi connectivity index (χ1n) is 17.4. The van der Waals surface area contributed by atoms with E-state index in [1.807, 2.05) is 0 Å². The van der Waals surface area contributed by atoms with Gasteiger partial charge in [-0.3, -0.25) is 0 Å². The van der Waals surface area contributed by atoms with E-state index in [1.54, 1.807) is 0 Å². The molecule has 0 saturated carbocycles. The molecule has 3 aromatic heterocycles. The molecule has 5 heterocycles. The Morgan fingerprint density at radius 1 is 0.462 bits per heavy atom. The van der Waals surface area contributed by atoms with Crippen molar-refractivity contribution >= 4 is 50.1 Å². The number of aromatic nitrogens is 8. The maximum absolute atomic E-state index is 16.6. The lowest BCUT2D eigenvalue weighted by atomic mass is 10.1. The second-order valence-corrected chi connectivity index (χ2v) is 13.5. The Hall–Kier alpha value is -8.32. The lowest BCUT2D eigenvalue weighted by Crippen LogP contribution is -2.07. The predicted molar refractivity (Wildman–Crippen MR) is 189 cm³/mol. The molecule has 0 aliphatic carbocycles. The first kappa shape index (κ1) is 40.7. The fourth-order valence-corrected chi connectivity index (χ4v) is 7.23. The molecule has 0 amide bonds. The van der Waals surface area contributed by atoms with Crippen LogP contribution < -0.4 is 4.74 Å². The van der Waals surface area contributed by atoms with Crippen LogP contribution in [0, 0.1) is 81.4 Å². The summed E-state index contributed by atoms with van der Waals surface area (Å²) >= 11 is 0. The van der Waals surface area contributed by atoms with Crippen LogP contribution in [0.3, 0.4) is 0 Å². The monoisotopic (exact) mass is 920 g/mol. The van der Waals surface area contributed by atoms with Gasteiger partial charge < -0.3 is 14.8 Å². The number of nitrogens with one attached hydrogen (secondary N) is 1. The first-order chi connectivity index (χ1) is 30.8. The quantitative estimate of drug-likeness (QED) is 0.101. The number of hydrogen-bond acceptors (Lipinski definition) is 8. The number of rotatable bonds is 3. The number of halogens is 15. The Morgan fingerprint density at radius 2 is 0.831 bits per heavy atom. The summed E-state index contributed by atoms with van der Waals surface area (Å²) in [5.41, 5.74) is -14.0. The summed E-state index contributed by atoms with van der Waals surface area (Å²) in [7, 11) is 0. The fourth-order valence-electron chi connectivity index (χ4n) is 7.23. The average Bonchev–Trinajstić information content (AvgIpc) is 4.01. The molecular weight excluding hydrogens is 913 g/mol. The van der Waals surface area contributed by atoms with E-state index in [0.717, 1.165) is 12.1 Å². The predicted octanol–water partition coefficient (Wildman–Crippen LogP) is 10.5. The van der Waals surface area contributed by atoms with Crippen LogP contribution in [0.2, 0.25) is 0 Å². The third-order valence-electron chi connectivity index (χ3n) is 10.0. The topological polar surface area (TPSA) is 145 Å². The minimum Gasteiger partial charge on any atom is -0.477 e. The number of ether oxygens (including phenoxy) is 1. The van der Waals surface area contributed by atoms with Gasteiger partial charge in [0.1, 0.15) is 22.6 Å². The molecular formula is C39H7F15N8O3. The smallest absolute Gasteiger partial charge is 0.342 e. The molecule has 0 fully saturated rings. The van der Waals surface area contributed by atoms with Gasteiger partial charge in [0.25, 0.3) is 0 Å². The van der Waals surface area contributed by atoms with Gasteiger partial charge in [-0.25, -0.2) is 96.2 Å². The van der Waals surface area contributed by atoms with Crippen molar-refractivity contribution in [3.05, 3.63) is 117 Å². The molecule has 2 aliphatic heterocycles. The zero-order chi connectivity index (χ0) is 46.4. The van der Waals surface area contributed by atoms with Crippen LogP contribution >= 0.6 is 0 Å². The summed E-state index contributed by atoms with van der Waals surface area (Å²) in [6.07, 6.45) is 0. The van der Waals surface area contributed by atoms with Gasteiger partial charge in [0.05, 0.1) is 43.8 Å². The lowest BCUT2D eigenvalue weighted by Gasteiger charge is -2.12. The highest BCUT2D eigenvalue weighted by molar-refractivity contribution is 6.13. The third kappa shape index (κ3) is 5.44. The highest BCUT2D eigenvalue weighted by Gasteiger charge is 2.38. The molecule has 0 unspecified atom stereocenters. The Labute approximate surface area is 344 Å². The molecule has 0 radical (unpaired) electrons. The molecule has 0 atom stereocenters. The van der Waals surface area contributed by atoms with E-state index in [2.05, 4.69) is 34.9 Å². The standard InChI is InChI=1S/C39H7F15N8O3/c40-16-11-14(30(15(23(16)47)39(63)64)65-6-4-2-1-3-5-6)36-58-32-8-10(20(44)27(51)25(49)18(8)42)35(57-32)61-38-13-12(21(45)28(52)29(53)22(13)46)37(62(38)54)60-34-9-7(31(56-34)55-33(11)59-36)17(41)24(48)26(50)19(9)43/h1-5H,(H,63,64)(H,55,56,57,58,59,60,61). The van der Waals surface area contributed by atoms with Crippen LogP contribution in [-0.4, -0.2) is 50.8 Å². The van der Waals surface area contributed by atoms with E-state index >= 15 is 39.6 Å². The van der Waals surface area contributed by atoms with Crippen LogP contribution in [-0.2, 0) is 0 Å². The second kappa shape index (κ2) is 13.8. The first-order valence-corrected chi connectivity index (χ1v) is 17.4. The van der Waals surface area contributed by atoms with Crippen LogP contribution in [0.15, 0.2) is 30.3 Å². The van der Waals surface area contributed by atoms with Gasteiger partial charge in [0, 0.05) is 0 Å². The number of benzene rings is 5. The third-order valence-corrected chi connectivity index (χ3v) is 10.0. The molecule has 10 rings (SSSR count). The minimum atomic E-state index is -2.68. The van der Waals surface area contributed by atoms with Crippen LogP contribution in [0.1, 0.15) is 10.4 Å². The summed E-state index contributed by atoms with van der Waals surface area (Å²) in [6.45, 7) is 0. The van der Waals surface area contributed by atoms with Gasteiger partial charge in [-0.05, 0) is 12.1 Å². The number of carboxylic acids is 1. The molecule has 0 saturated heterocycles. The Kier molecular flexibility index (Phi) is 8.67. The van der Waals surface area contributed by atoms with Crippen molar-refractivity contribution < 1.29 is 80.6 Å².